The quantitative estimate of drug-likeness (QED) is 0.849. The van der Waals surface area contributed by atoms with E-state index in [0.29, 0.717) is 22.6 Å². The van der Waals surface area contributed by atoms with Crippen LogP contribution in [0.25, 0.3) is 0 Å². The first-order valence-corrected chi connectivity index (χ1v) is 6.95. The number of amides is 1. The number of halogens is 1. The van der Waals surface area contributed by atoms with Gasteiger partial charge in [-0.05, 0) is 18.6 Å². The van der Waals surface area contributed by atoms with Crippen molar-refractivity contribution in [2.75, 3.05) is 11.9 Å². The van der Waals surface area contributed by atoms with E-state index >= 15 is 0 Å². The van der Waals surface area contributed by atoms with Gasteiger partial charge in [0.15, 0.2) is 5.82 Å². The predicted octanol–water partition coefficient (Wildman–Crippen LogP) is 2.18. The van der Waals surface area contributed by atoms with Crippen LogP contribution in [0, 0.1) is 6.92 Å². The van der Waals surface area contributed by atoms with Crippen LogP contribution in [-0.4, -0.2) is 27.6 Å². The summed E-state index contributed by atoms with van der Waals surface area (Å²) in [5.41, 5.74) is 0.165. The minimum absolute atomic E-state index is 0.154. The number of aromatic nitrogens is 3. The van der Waals surface area contributed by atoms with E-state index in [1.54, 1.807) is 19.1 Å². The van der Waals surface area contributed by atoms with Crippen LogP contribution < -0.4 is 10.6 Å². The van der Waals surface area contributed by atoms with Gasteiger partial charge in [0.05, 0.1) is 11.6 Å². The molecule has 2 heterocycles. The van der Waals surface area contributed by atoms with E-state index < -0.39 is 0 Å². The van der Waals surface area contributed by atoms with Gasteiger partial charge in [-0.1, -0.05) is 23.7 Å². The third kappa shape index (κ3) is 4.16. The van der Waals surface area contributed by atoms with E-state index in [2.05, 4.69) is 25.8 Å². The lowest BCUT2D eigenvalue weighted by atomic mass is 10.3. The second kappa shape index (κ2) is 7.03. The van der Waals surface area contributed by atoms with Crippen LogP contribution in [0.2, 0.25) is 5.02 Å². The number of nitrogens with one attached hydrogen (secondary N) is 2. The molecule has 0 radical (unpaired) electrons. The number of pyridine rings is 1. The van der Waals surface area contributed by atoms with Crippen molar-refractivity contribution in [2.24, 2.45) is 0 Å². The van der Waals surface area contributed by atoms with E-state index in [4.69, 9.17) is 16.1 Å². The van der Waals surface area contributed by atoms with Gasteiger partial charge in [-0.3, -0.25) is 4.79 Å². The van der Waals surface area contributed by atoms with Crippen LogP contribution >= 0.6 is 11.6 Å². The second-order valence-corrected chi connectivity index (χ2v) is 4.77. The standard InChI is InChI=1S/C13H16ClN5O2/c1-3-6-15-10-5-4-9(14)12(18-10)13(20)16-7-11-17-8(2)21-19-11/h4-5H,3,6-7H2,1-2H3,(H,15,18)(H,16,20). The third-order valence-electron chi connectivity index (χ3n) is 2.59. The molecular formula is C13H16ClN5O2. The highest BCUT2D eigenvalue weighted by molar-refractivity contribution is 6.33. The SMILES string of the molecule is CCCNc1ccc(Cl)c(C(=O)NCc2noc(C)n2)n1. The van der Waals surface area contributed by atoms with Crippen molar-refractivity contribution >= 4 is 23.3 Å². The van der Waals surface area contributed by atoms with Gasteiger partial charge in [-0.2, -0.15) is 4.98 Å². The summed E-state index contributed by atoms with van der Waals surface area (Å²) in [6.07, 6.45) is 0.961. The first kappa shape index (κ1) is 15.2. The summed E-state index contributed by atoms with van der Waals surface area (Å²) in [5, 5.41) is 9.74. The molecule has 0 unspecified atom stereocenters. The minimum Gasteiger partial charge on any atom is -0.370 e. The van der Waals surface area contributed by atoms with Gasteiger partial charge >= 0.3 is 0 Å². The lowest BCUT2D eigenvalue weighted by Gasteiger charge is -2.08. The molecule has 0 aliphatic carbocycles. The summed E-state index contributed by atoms with van der Waals surface area (Å²) >= 11 is 6.01. The van der Waals surface area contributed by atoms with Crippen molar-refractivity contribution in [2.45, 2.75) is 26.8 Å². The zero-order valence-electron chi connectivity index (χ0n) is 11.8. The second-order valence-electron chi connectivity index (χ2n) is 4.37. The molecule has 0 aliphatic heterocycles. The Morgan fingerprint density at radius 2 is 2.19 bits per heavy atom. The molecule has 0 saturated heterocycles. The molecule has 21 heavy (non-hydrogen) atoms. The normalized spacial score (nSPS) is 10.4. The van der Waals surface area contributed by atoms with E-state index in [1.807, 2.05) is 6.92 Å². The van der Waals surface area contributed by atoms with E-state index in [-0.39, 0.29) is 18.1 Å². The molecule has 0 aromatic carbocycles. The molecule has 0 spiro atoms. The Balaban J connectivity index is 2.03. The first-order valence-electron chi connectivity index (χ1n) is 6.58. The smallest absolute Gasteiger partial charge is 0.271 e. The highest BCUT2D eigenvalue weighted by Gasteiger charge is 2.14. The lowest BCUT2D eigenvalue weighted by molar-refractivity contribution is 0.0945. The van der Waals surface area contributed by atoms with Crippen molar-refractivity contribution in [3.05, 3.63) is 34.6 Å². The summed E-state index contributed by atoms with van der Waals surface area (Å²) < 4.78 is 4.83. The summed E-state index contributed by atoms with van der Waals surface area (Å²) in [6.45, 7) is 4.65. The van der Waals surface area contributed by atoms with Gasteiger partial charge in [0.25, 0.3) is 5.91 Å². The average molecular weight is 310 g/mol. The van der Waals surface area contributed by atoms with Crippen molar-refractivity contribution in [1.29, 1.82) is 0 Å². The number of hydrogen-bond acceptors (Lipinski definition) is 6. The van der Waals surface area contributed by atoms with E-state index in [0.717, 1.165) is 13.0 Å². The van der Waals surface area contributed by atoms with Crippen LogP contribution in [0.3, 0.4) is 0 Å². The number of nitrogens with zero attached hydrogens (tertiary/aromatic N) is 3. The first-order chi connectivity index (χ1) is 10.1. The average Bonchev–Trinajstić information content (AvgIpc) is 2.89. The summed E-state index contributed by atoms with van der Waals surface area (Å²) in [5.74, 6) is 1.07. The van der Waals surface area contributed by atoms with E-state index in [9.17, 15) is 4.79 Å². The topological polar surface area (TPSA) is 92.9 Å². The fourth-order valence-electron chi connectivity index (χ4n) is 1.61. The Bertz CT molecular complexity index is 629. The lowest BCUT2D eigenvalue weighted by Crippen LogP contribution is -2.25. The molecule has 0 aliphatic rings. The molecule has 7 nitrogen and oxygen atoms in total. The molecule has 1 amide bonds. The molecule has 0 saturated carbocycles. The number of rotatable bonds is 6. The van der Waals surface area contributed by atoms with Crippen LogP contribution in [-0.2, 0) is 6.54 Å². The van der Waals surface area contributed by atoms with Gasteiger partial charge in [0.2, 0.25) is 5.89 Å². The largest absolute Gasteiger partial charge is 0.370 e. The maximum absolute atomic E-state index is 12.1. The van der Waals surface area contributed by atoms with Gasteiger partial charge in [0, 0.05) is 13.5 Å². The molecule has 112 valence electrons. The number of carbonyl (C=O) groups excluding carboxylic acids is 1. The molecule has 0 bridgehead atoms. The van der Waals surface area contributed by atoms with Gasteiger partial charge < -0.3 is 15.2 Å². The van der Waals surface area contributed by atoms with E-state index in [1.165, 1.54) is 0 Å². The van der Waals surface area contributed by atoms with Crippen LogP contribution in [0.1, 0.15) is 35.5 Å². The zero-order chi connectivity index (χ0) is 15.2. The van der Waals surface area contributed by atoms with Crippen molar-refractivity contribution in [3.8, 4) is 0 Å². The van der Waals surface area contributed by atoms with Gasteiger partial charge in [-0.25, -0.2) is 4.98 Å². The summed E-state index contributed by atoms with van der Waals surface area (Å²) in [4.78, 5) is 20.3. The summed E-state index contributed by atoms with van der Waals surface area (Å²) in [6, 6.07) is 3.37. The maximum Gasteiger partial charge on any atom is 0.271 e. The highest BCUT2D eigenvalue weighted by Crippen LogP contribution is 2.16. The predicted molar refractivity (Wildman–Crippen MR) is 78.2 cm³/mol. The van der Waals surface area contributed by atoms with Crippen LogP contribution in [0.15, 0.2) is 16.7 Å². The van der Waals surface area contributed by atoms with Crippen molar-refractivity contribution in [1.82, 2.24) is 20.4 Å². The highest BCUT2D eigenvalue weighted by atomic mass is 35.5. The molecule has 2 rings (SSSR count). The monoisotopic (exact) mass is 309 g/mol. The fourth-order valence-corrected chi connectivity index (χ4v) is 1.80. The Hall–Kier alpha value is -2.15. The molecule has 2 N–H and O–H groups in total. The van der Waals surface area contributed by atoms with Crippen molar-refractivity contribution < 1.29 is 9.32 Å². The zero-order valence-corrected chi connectivity index (χ0v) is 12.6. The fraction of sp³-hybridized carbons (Fsp3) is 0.385. The number of hydrogen-bond donors (Lipinski definition) is 2. The van der Waals surface area contributed by atoms with Gasteiger partial charge in [-0.15, -0.1) is 0 Å². The maximum atomic E-state index is 12.1. The Labute approximate surface area is 127 Å². The molecule has 8 heteroatoms. The molecule has 2 aromatic rings. The Morgan fingerprint density at radius 3 is 2.86 bits per heavy atom. The summed E-state index contributed by atoms with van der Waals surface area (Å²) in [7, 11) is 0. The molecule has 0 fully saturated rings. The van der Waals surface area contributed by atoms with Gasteiger partial charge in [0.1, 0.15) is 11.5 Å². The third-order valence-corrected chi connectivity index (χ3v) is 2.90. The van der Waals surface area contributed by atoms with Crippen LogP contribution in [0.4, 0.5) is 5.82 Å². The number of anilines is 1. The van der Waals surface area contributed by atoms with Crippen molar-refractivity contribution in [3.63, 3.8) is 0 Å². The Morgan fingerprint density at radius 1 is 1.38 bits per heavy atom. The van der Waals surface area contributed by atoms with Crippen LogP contribution in [0.5, 0.6) is 0 Å². The molecular weight excluding hydrogens is 294 g/mol. The molecule has 2 aromatic heterocycles. The number of aryl methyl sites for hydroxylation is 1. The minimum atomic E-state index is -0.386. The number of carbonyl (C=O) groups is 1. The molecule has 0 atom stereocenters. The Kier molecular flexibility index (Phi) is 5.10.